The third-order valence-electron chi connectivity index (χ3n) is 6.20. The van der Waals surface area contributed by atoms with Crippen LogP contribution in [0.3, 0.4) is 0 Å². The van der Waals surface area contributed by atoms with Crippen LogP contribution in [0.25, 0.3) is 11.3 Å². The maximum atomic E-state index is 6.47. The molecule has 8 heteroatoms. The molecule has 0 amide bonds. The number of hydrogen-bond donors (Lipinski definition) is 1. The van der Waals surface area contributed by atoms with Crippen LogP contribution in [0, 0.1) is 6.92 Å². The molecule has 3 heterocycles. The van der Waals surface area contributed by atoms with E-state index in [9.17, 15) is 0 Å². The van der Waals surface area contributed by atoms with Crippen molar-refractivity contribution in [2.24, 2.45) is 0 Å². The molecule has 2 aromatic heterocycles. The van der Waals surface area contributed by atoms with Gasteiger partial charge in [0.05, 0.1) is 31.6 Å². The molecule has 1 fully saturated rings. The number of furan rings is 1. The molecule has 0 saturated carbocycles. The third kappa shape index (κ3) is 4.22. The molecule has 1 aliphatic heterocycles. The van der Waals surface area contributed by atoms with Gasteiger partial charge in [0.25, 0.3) is 0 Å². The minimum atomic E-state index is -0.312. The van der Waals surface area contributed by atoms with Gasteiger partial charge in [-0.25, -0.2) is 0 Å². The Kier molecular flexibility index (Phi) is 6.36. The molecule has 2 unspecified atom stereocenters. The zero-order valence-electron chi connectivity index (χ0n) is 19.5. The Labute approximate surface area is 214 Å². The van der Waals surface area contributed by atoms with E-state index >= 15 is 0 Å². The van der Waals surface area contributed by atoms with Gasteiger partial charge in [-0.1, -0.05) is 29.8 Å². The van der Waals surface area contributed by atoms with Gasteiger partial charge in [-0.05, 0) is 67.2 Å². The molecule has 1 saturated heterocycles. The molecule has 5 rings (SSSR count). The molecule has 2 aromatic carbocycles. The maximum absolute atomic E-state index is 6.47. The number of hydrogen-bond acceptors (Lipinski definition) is 5. The first-order chi connectivity index (χ1) is 17.0. The molecule has 1 aliphatic rings. The molecule has 6 nitrogen and oxygen atoms in total. The minimum absolute atomic E-state index is 0.241. The number of benzene rings is 2. The predicted molar refractivity (Wildman–Crippen MR) is 141 cm³/mol. The van der Waals surface area contributed by atoms with Crippen molar-refractivity contribution in [2.75, 3.05) is 19.1 Å². The highest BCUT2D eigenvalue weighted by Gasteiger charge is 2.43. The first kappa shape index (κ1) is 23.2. The molecular formula is C27H24ClN3O3S. The van der Waals surface area contributed by atoms with Gasteiger partial charge >= 0.3 is 0 Å². The van der Waals surface area contributed by atoms with Gasteiger partial charge in [-0.3, -0.25) is 4.98 Å². The second-order valence-corrected chi connectivity index (χ2v) is 8.94. The van der Waals surface area contributed by atoms with Crippen LogP contribution in [0.2, 0.25) is 5.02 Å². The Hall–Kier alpha value is -3.55. The first-order valence-corrected chi connectivity index (χ1v) is 11.9. The predicted octanol–water partition coefficient (Wildman–Crippen LogP) is 6.50. The molecule has 0 aliphatic carbocycles. The summed E-state index contributed by atoms with van der Waals surface area (Å²) >= 11 is 12.2. The van der Waals surface area contributed by atoms with Gasteiger partial charge in [0.1, 0.15) is 29.1 Å². The van der Waals surface area contributed by atoms with Crippen molar-refractivity contribution in [2.45, 2.75) is 19.0 Å². The lowest BCUT2D eigenvalue weighted by atomic mass is 10.0. The van der Waals surface area contributed by atoms with E-state index in [1.165, 1.54) is 0 Å². The Balaban J connectivity index is 1.64. The van der Waals surface area contributed by atoms with Crippen LogP contribution in [-0.2, 0) is 0 Å². The van der Waals surface area contributed by atoms with Crippen LogP contribution in [0.5, 0.6) is 11.5 Å². The lowest BCUT2D eigenvalue weighted by molar-refractivity contribution is 0.392. The van der Waals surface area contributed by atoms with Gasteiger partial charge < -0.3 is 24.1 Å². The van der Waals surface area contributed by atoms with Crippen molar-refractivity contribution in [3.8, 4) is 22.8 Å². The number of nitrogens with one attached hydrogen (secondary N) is 1. The van der Waals surface area contributed by atoms with Crippen molar-refractivity contribution < 1.29 is 13.9 Å². The minimum Gasteiger partial charge on any atom is -0.497 e. The summed E-state index contributed by atoms with van der Waals surface area (Å²) in [6, 6.07) is 20.7. The summed E-state index contributed by atoms with van der Waals surface area (Å²) in [6.07, 6.45) is 1.77. The number of methoxy groups -OCH3 is 2. The number of halogens is 1. The monoisotopic (exact) mass is 505 g/mol. The number of thiocarbonyl (C=S) groups is 1. The summed E-state index contributed by atoms with van der Waals surface area (Å²) < 4.78 is 17.6. The summed E-state index contributed by atoms with van der Waals surface area (Å²) in [4.78, 5) is 6.61. The summed E-state index contributed by atoms with van der Waals surface area (Å²) in [5.74, 6) is 2.80. The number of rotatable bonds is 6. The molecule has 0 radical (unpaired) electrons. The average Bonchev–Trinajstić information content (AvgIpc) is 3.50. The van der Waals surface area contributed by atoms with E-state index in [0.29, 0.717) is 21.6 Å². The Morgan fingerprint density at radius 2 is 1.89 bits per heavy atom. The van der Waals surface area contributed by atoms with Crippen LogP contribution < -0.4 is 19.7 Å². The summed E-state index contributed by atoms with van der Waals surface area (Å²) in [5.41, 5.74) is 3.56. The highest BCUT2D eigenvalue weighted by Crippen LogP contribution is 2.46. The second kappa shape index (κ2) is 9.60. The summed E-state index contributed by atoms with van der Waals surface area (Å²) in [7, 11) is 3.25. The van der Waals surface area contributed by atoms with Crippen LogP contribution in [-0.4, -0.2) is 24.3 Å². The fourth-order valence-corrected chi connectivity index (χ4v) is 4.93. The van der Waals surface area contributed by atoms with Crippen molar-refractivity contribution in [1.82, 2.24) is 10.3 Å². The smallest absolute Gasteiger partial charge is 0.174 e. The summed E-state index contributed by atoms with van der Waals surface area (Å²) in [5, 5.41) is 4.69. The first-order valence-electron chi connectivity index (χ1n) is 11.1. The number of anilines is 1. The quantitative estimate of drug-likeness (QED) is 0.300. The van der Waals surface area contributed by atoms with E-state index in [1.807, 2.05) is 78.6 Å². The zero-order valence-corrected chi connectivity index (χ0v) is 21.1. The molecule has 2 atom stereocenters. The maximum Gasteiger partial charge on any atom is 0.174 e. The van der Waals surface area contributed by atoms with Crippen LogP contribution in [0.15, 0.2) is 77.3 Å². The number of ether oxygens (including phenoxy) is 2. The Bertz CT molecular complexity index is 1380. The van der Waals surface area contributed by atoms with E-state index in [4.69, 9.17) is 37.7 Å². The average molecular weight is 506 g/mol. The lowest BCUT2D eigenvalue weighted by Gasteiger charge is -2.27. The number of aromatic nitrogens is 1. The van der Waals surface area contributed by atoms with Gasteiger partial charge in [-0.2, -0.15) is 0 Å². The van der Waals surface area contributed by atoms with E-state index in [-0.39, 0.29) is 12.1 Å². The molecule has 1 N–H and O–H groups in total. The van der Waals surface area contributed by atoms with Crippen molar-refractivity contribution >= 4 is 34.6 Å². The fourth-order valence-electron chi connectivity index (χ4n) is 4.42. The highest BCUT2D eigenvalue weighted by molar-refractivity contribution is 7.80. The Morgan fingerprint density at radius 1 is 1.03 bits per heavy atom. The highest BCUT2D eigenvalue weighted by atomic mass is 35.5. The SMILES string of the molecule is COc1ccc(N2C(=S)NC(c3ccccn3)C2c2ccc(-c3cccc(Cl)c3C)o2)c(OC)c1. The topological polar surface area (TPSA) is 59.8 Å². The molecule has 178 valence electrons. The number of pyridine rings is 1. The largest absolute Gasteiger partial charge is 0.497 e. The van der Waals surface area contributed by atoms with Crippen LogP contribution in [0.1, 0.15) is 29.1 Å². The van der Waals surface area contributed by atoms with Gasteiger partial charge in [0, 0.05) is 22.8 Å². The molecule has 0 spiro atoms. The summed E-state index contributed by atoms with van der Waals surface area (Å²) in [6.45, 7) is 1.98. The van der Waals surface area contributed by atoms with E-state index < -0.39 is 0 Å². The van der Waals surface area contributed by atoms with Gasteiger partial charge in [0.2, 0.25) is 0 Å². The van der Waals surface area contributed by atoms with E-state index in [0.717, 1.165) is 34.0 Å². The van der Waals surface area contributed by atoms with E-state index in [2.05, 4.69) is 10.3 Å². The second-order valence-electron chi connectivity index (χ2n) is 8.15. The molecule has 0 bridgehead atoms. The Morgan fingerprint density at radius 3 is 2.63 bits per heavy atom. The normalized spacial score (nSPS) is 17.4. The van der Waals surface area contributed by atoms with Crippen molar-refractivity contribution in [1.29, 1.82) is 0 Å². The third-order valence-corrected chi connectivity index (χ3v) is 6.92. The molecule has 35 heavy (non-hydrogen) atoms. The van der Waals surface area contributed by atoms with Crippen LogP contribution in [0.4, 0.5) is 5.69 Å². The van der Waals surface area contributed by atoms with Gasteiger partial charge in [0.15, 0.2) is 5.11 Å². The standard InChI is InChI=1S/C27H24ClN3O3S/c1-16-18(7-6-8-19(16)28)22-12-13-23(34-22)26-25(20-9-4-5-14-29-20)30-27(35)31(26)21-11-10-17(32-2)15-24(21)33-3/h4-15,25-26H,1-3H3,(H,30,35). The fraction of sp³-hybridized carbons (Fsp3) is 0.185. The van der Waals surface area contributed by atoms with Crippen LogP contribution >= 0.6 is 23.8 Å². The van der Waals surface area contributed by atoms with E-state index in [1.54, 1.807) is 20.4 Å². The zero-order chi connectivity index (χ0) is 24.5. The molecule has 4 aromatic rings. The molecular weight excluding hydrogens is 482 g/mol. The van der Waals surface area contributed by atoms with Crippen molar-refractivity contribution in [3.05, 3.63) is 95.0 Å². The van der Waals surface area contributed by atoms with Gasteiger partial charge in [-0.15, -0.1) is 0 Å². The number of nitrogens with zero attached hydrogens (tertiary/aromatic N) is 2. The van der Waals surface area contributed by atoms with Crippen molar-refractivity contribution in [3.63, 3.8) is 0 Å². The lowest BCUT2D eigenvalue weighted by Crippen LogP contribution is -2.29.